The van der Waals surface area contributed by atoms with Crippen molar-refractivity contribution < 1.29 is 19.1 Å². The Labute approximate surface area is 180 Å². The number of para-hydroxylation sites is 1. The maximum absolute atomic E-state index is 12.6. The van der Waals surface area contributed by atoms with E-state index in [1.807, 2.05) is 6.07 Å². The highest BCUT2D eigenvalue weighted by atomic mass is 32.2. The Bertz CT molecular complexity index is 989. The number of rotatable bonds is 7. The Kier molecular flexibility index (Phi) is 7.79. The molecule has 0 aromatic heterocycles. The summed E-state index contributed by atoms with van der Waals surface area (Å²) in [7, 11) is 0. The first kappa shape index (κ1) is 23.2. The Morgan fingerprint density at radius 1 is 1.10 bits per heavy atom. The third-order valence-electron chi connectivity index (χ3n) is 4.26. The molecule has 6 nitrogen and oxygen atoms in total. The zero-order valence-corrected chi connectivity index (χ0v) is 18.2. The van der Waals surface area contributed by atoms with Gasteiger partial charge in [0.2, 0.25) is 5.91 Å². The summed E-state index contributed by atoms with van der Waals surface area (Å²) < 4.78 is 5.19. The molecule has 0 fully saturated rings. The maximum atomic E-state index is 12.6. The highest BCUT2D eigenvalue weighted by molar-refractivity contribution is 8.00. The average molecular weight is 425 g/mol. The van der Waals surface area contributed by atoms with Crippen molar-refractivity contribution in [2.75, 3.05) is 11.9 Å². The van der Waals surface area contributed by atoms with Crippen LogP contribution in [0.25, 0.3) is 0 Å². The molecule has 1 atom stereocenters. The lowest BCUT2D eigenvalue weighted by Gasteiger charge is -2.17. The number of anilines is 1. The first-order chi connectivity index (χ1) is 14.1. The van der Waals surface area contributed by atoms with Gasteiger partial charge in [-0.1, -0.05) is 45.0 Å². The molecular weight excluding hydrogens is 400 g/mol. The van der Waals surface area contributed by atoms with Gasteiger partial charge in [-0.05, 0) is 31.2 Å². The number of ketones is 1. The van der Waals surface area contributed by atoms with Gasteiger partial charge < -0.3 is 10.1 Å². The lowest BCUT2D eigenvalue weighted by Crippen LogP contribution is -2.26. The van der Waals surface area contributed by atoms with Crippen LogP contribution >= 0.6 is 11.8 Å². The topological polar surface area (TPSA) is 96.3 Å². The van der Waals surface area contributed by atoms with E-state index in [1.165, 1.54) is 11.8 Å². The molecule has 0 bridgehead atoms. The molecule has 7 heteroatoms. The van der Waals surface area contributed by atoms with E-state index in [9.17, 15) is 14.4 Å². The highest BCUT2D eigenvalue weighted by Crippen LogP contribution is 2.28. The number of Topliss-reactive ketones (excluding diaryl/α,β-unsaturated/α-hetero) is 1. The minimum Gasteiger partial charge on any atom is -0.454 e. The molecule has 0 saturated carbocycles. The van der Waals surface area contributed by atoms with Crippen molar-refractivity contribution in [3.05, 3.63) is 59.7 Å². The molecule has 0 aliphatic carbocycles. The summed E-state index contributed by atoms with van der Waals surface area (Å²) in [4.78, 5) is 37.7. The summed E-state index contributed by atoms with van der Waals surface area (Å²) in [5.41, 5.74) is 0.503. The van der Waals surface area contributed by atoms with Crippen molar-refractivity contribution in [1.82, 2.24) is 0 Å². The fourth-order valence-electron chi connectivity index (χ4n) is 2.33. The van der Waals surface area contributed by atoms with Gasteiger partial charge in [0.15, 0.2) is 12.4 Å². The number of hydrogen-bond acceptors (Lipinski definition) is 6. The van der Waals surface area contributed by atoms with Crippen LogP contribution in [0.3, 0.4) is 0 Å². The van der Waals surface area contributed by atoms with Crippen LogP contribution in [0.1, 0.15) is 43.6 Å². The van der Waals surface area contributed by atoms with Gasteiger partial charge >= 0.3 is 5.97 Å². The van der Waals surface area contributed by atoms with E-state index in [-0.39, 0.29) is 18.3 Å². The van der Waals surface area contributed by atoms with Crippen LogP contribution in [0, 0.1) is 16.7 Å². The number of esters is 1. The number of benzene rings is 2. The number of nitrogens with one attached hydrogen (secondary N) is 1. The van der Waals surface area contributed by atoms with Gasteiger partial charge in [0, 0.05) is 10.3 Å². The maximum Gasteiger partial charge on any atom is 0.339 e. The average Bonchev–Trinajstić information content (AvgIpc) is 2.71. The Hall–Kier alpha value is -3.11. The number of carbonyl (C=O) groups excluding carboxylic acids is 3. The standard InChI is InChI=1S/C23H24N2O4S/c1-15(21(27)25-18-11-7-5-9-16(18)13-24)30-19-12-8-6-10-17(19)22(28)29-14-20(26)23(2,3)4/h5-12,15H,14H2,1-4H3,(H,25,27)/t15-/m0/s1. The van der Waals surface area contributed by atoms with Gasteiger partial charge in [-0.3, -0.25) is 9.59 Å². The number of thioether (sulfide) groups is 1. The smallest absolute Gasteiger partial charge is 0.339 e. The van der Waals surface area contributed by atoms with Crippen molar-refractivity contribution in [2.45, 2.75) is 37.8 Å². The lowest BCUT2D eigenvalue weighted by atomic mass is 9.91. The molecule has 30 heavy (non-hydrogen) atoms. The van der Waals surface area contributed by atoms with Gasteiger partial charge in [0.25, 0.3) is 0 Å². The predicted octanol–water partition coefficient (Wildman–Crippen LogP) is 4.45. The minimum atomic E-state index is -0.613. The van der Waals surface area contributed by atoms with Crippen molar-refractivity contribution in [3.63, 3.8) is 0 Å². The van der Waals surface area contributed by atoms with Crippen molar-refractivity contribution in [3.8, 4) is 6.07 Å². The molecule has 0 heterocycles. The van der Waals surface area contributed by atoms with E-state index in [2.05, 4.69) is 5.32 Å². The van der Waals surface area contributed by atoms with Crippen LogP contribution in [-0.2, 0) is 14.3 Å². The molecular formula is C23H24N2O4S. The number of nitriles is 1. The Balaban J connectivity index is 2.08. The SMILES string of the molecule is C[C@H](Sc1ccccc1C(=O)OCC(=O)C(C)(C)C)C(=O)Nc1ccccc1C#N. The molecule has 156 valence electrons. The van der Waals surface area contributed by atoms with Crippen molar-refractivity contribution >= 4 is 35.1 Å². The summed E-state index contributed by atoms with van der Waals surface area (Å²) in [5.74, 6) is -1.09. The summed E-state index contributed by atoms with van der Waals surface area (Å²) in [6.45, 7) is 6.69. The summed E-state index contributed by atoms with van der Waals surface area (Å²) in [5, 5.41) is 11.4. The monoisotopic (exact) mass is 424 g/mol. The molecule has 1 N–H and O–H groups in total. The summed E-state index contributed by atoms with van der Waals surface area (Å²) >= 11 is 1.20. The zero-order valence-electron chi connectivity index (χ0n) is 17.4. The molecule has 2 rings (SSSR count). The van der Waals surface area contributed by atoms with Gasteiger partial charge in [0.1, 0.15) is 6.07 Å². The van der Waals surface area contributed by atoms with Crippen LogP contribution in [0.5, 0.6) is 0 Å². The third kappa shape index (κ3) is 6.19. The number of amides is 1. The largest absolute Gasteiger partial charge is 0.454 e. The van der Waals surface area contributed by atoms with Crippen LogP contribution in [0.2, 0.25) is 0 Å². The van der Waals surface area contributed by atoms with Gasteiger partial charge in [0.05, 0.1) is 22.1 Å². The van der Waals surface area contributed by atoms with E-state index >= 15 is 0 Å². The van der Waals surface area contributed by atoms with Gasteiger partial charge in [-0.15, -0.1) is 11.8 Å². The molecule has 0 aliphatic rings. The molecule has 2 aromatic carbocycles. The Morgan fingerprint density at radius 2 is 1.73 bits per heavy atom. The molecule has 0 spiro atoms. The van der Waals surface area contributed by atoms with E-state index < -0.39 is 16.6 Å². The summed E-state index contributed by atoms with van der Waals surface area (Å²) in [6, 6.07) is 15.5. The van der Waals surface area contributed by atoms with Crippen molar-refractivity contribution in [1.29, 1.82) is 5.26 Å². The number of nitrogens with zero attached hydrogens (tertiary/aromatic N) is 1. The quantitative estimate of drug-likeness (QED) is 0.521. The second-order valence-corrected chi connectivity index (χ2v) is 9.03. The first-order valence-electron chi connectivity index (χ1n) is 9.39. The predicted molar refractivity (Wildman–Crippen MR) is 116 cm³/mol. The number of carbonyl (C=O) groups is 3. The second-order valence-electron chi connectivity index (χ2n) is 7.65. The lowest BCUT2D eigenvalue weighted by molar-refractivity contribution is -0.129. The van der Waals surface area contributed by atoms with Crippen LogP contribution in [0.15, 0.2) is 53.4 Å². The fraction of sp³-hybridized carbons (Fsp3) is 0.304. The van der Waals surface area contributed by atoms with E-state index in [1.54, 1.807) is 76.2 Å². The zero-order chi connectivity index (χ0) is 22.3. The second kappa shape index (κ2) is 10.1. The molecule has 2 aromatic rings. The molecule has 0 unspecified atom stereocenters. The molecule has 1 amide bonds. The van der Waals surface area contributed by atoms with Gasteiger partial charge in [-0.2, -0.15) is 5.26 Å². The van der Waals surface area contributed by atoms with E-state index in [0.29, 0.717) is 21.7 Å². The molecule has 0 saturated heterocycles. The number of ether oxygens (including phenoxy) is 1. The summed E-state index contributed by atoms with van der Waals surface area (Å²) in [6.07, 6.45) is 0. The van der Waals surface area contributed by atoms with Crippen molar-refractivity contribution in [2.24, 2.45) is 5.41 Å². The first-order valence-corrected chi connectivity index (χ1v) is 10.3. The molecule has 0 radical (unpaired) electrons. The molecule has 0 aliphatic heterocycles. The fourth-order valence-corrected chi connectivity index (χ4v) is 3.31. The van der Waals surface area contributed by atoms with Crippen LogP contribution < -0.4 is 5.32 Å². The highest BCUT2D eigenvalue weighted by Gasteiger charge is 2.24. The third-order valence-corrected chi connectivity index (χ3v) is 5.43. The van der Waals surface area contributed by atoms with Crippen LogP contribution in [0.4, 0.5) is 5.69 Å². The van der Waals surface area contributed by atoms with E-state index in [0.717, 1.165) is 0 Å². The minimum absolute atomic E-state index is 0.176. The van der Waals surface area contributed by atoms with Crippen LogP contribution in [-0.4, -0.2) is 29.5 Å². The normalized spacial score (nSPS) is 11.8. The number of hydrogen-bond donors (Lipinski definition) is 1. The Morgan fingerprint density at radius 3 is 2.40 bits per heavy atom. The van der Waals surface area contributed by atoms with E-state index in [4.69, 9.17) is 10.00 Å². The van der Waals surface area contributed by atoms with Gasteiger partial charge in [-0.25, -0.2) is 4.79 Å².